The normalized spacial score (nSPS) is 14.9. The van der Waals surface area contributed by atoms with E-state index in [9.17, 15) is 13.6 Å². The number of fused-ring (bicyclic) bond motifs is 1. The fourth-order valence-electron chi connectivity index (χ4n) is 3.62. The van der Waals surface area contributed by atoms with E-state index in [1.807, 2.05) is 6.92 Å². The molecule has 4 rings (SSSR count). The number of halogens is 2. The summed E-state index contributed by atoms with van der Waals surface area (Å²) >= 11 is 0. The SMILES string of the molecule is CCOC1C=Cc2nc(-c3ccc(N)c(C=NC)c3)c(=O)n(-c3ccc(OC(F)F)cc3)c2N1. The minimum absolute atomic E-state index is 0.0166. The molecule has 0 amide bonds. The first kappa shape index (κ1) is 23.1. The summed E-state index contributed by atoms with van der Waals surface area (Å²) in [6, 6.07) is 10.9. The van der Waals surface area contributed by atoms with Crippen LogP contribution >= 0.6 is 0 Å². The van der Waals surface area contributed by atoms with Crippen LogP contribution in [0.25, 0.3) is 23.0 Å². The van der Waals surface area contributed by atoms with Crippen LogP contribution in [0.1, 0.15) is 18.2 Å². The van der Waals surface area contributed by atoms with Crippen molar-refractivity contribution in [2.45, 2.75) is 19.8 Å². The van der Waals surface area contributed by atoms with Crippen LogP contribution in [0.3, 0.4) is 0 Å². The molecule has 0 spiro atoms. The third kappa shape index (κ3) is 4.67. The molecule has 8 nitrogen and oxygen atoms in total. The summed E-state index contributed by atoms with van der Waals surface area (Å²) < 4.78 is 36.6. The second kappa shape index (κ2) is 9.84. The number of nitrogens with zero attached hydrogens (tertiary/aromatic N) is 3. The van der Waals surface area contributed by atoms with E-state index in [0.29, 0.717) is 40.6 Å². The lowest BCUT2D eigenvalue weighted by Crippen LogP contribution is -2.32. The molecule has 0 bridgehead atoms. The van der Waals surface area contributed by atoms with Gasteiger partial charge in [-0.2, -0.15) is 8.78 Å². The van der Waals surface area contributed by atoms with Crippen molar-refractivity contribution in [2.75, 3.05) is 24.7 Å². The van der Waals surface area contributed by atoms with Gasteiger partial charge in [0.25, 0.3) is 5.56 Å². The zero-order valence-corrected chi connectivity index (χ0v) is 18.5. The fourth-order valence-corrected chi connectivity index (χ4v) is 3.62. The minimum Gasteiger partial charge on any atom is -0.435 e. The number of hydrogen-bond donors (Lipinski definition) is 2. The zero-order valence-electron chi connectivity index (χ0n) is 18.5. The maximum atomic E-state index is 13.7. The van der Waals surface area contributed by atoms with E-state index in [4.69, 9.17) is 10.5 Å². The van der Waals surface area contributed by atoms with Crippen molar-refractivity contribution in [1.82, 2.24) is 9.55 Å². The summed E-state index contributed by atoms with van der Waals surface area (Å²) in [5.74, 6) is 0.403. The molecule has 1 aliphatic rings. The van der Waals surface area contributed by atoms with Gasteiger partial charge in [-0.25, -0.2) is 4.98 Å². The Labute approximate surface area is 194 Å². The Morgan fingerprint density at radius 1 is 1.26 bits per heavy atom. The van der Waals surface area contributed by atoms with Crippen molar-refractivity contribution in [1.29, 1.82) is 0 Å². The molecule has 1 atom stereocenters. The molecule has 3 N–H and O–H groups in total. The molecule has 2 aromatic carbocycles. The number of rotatable bonds is 7. The predicted molar refractivity (Wildman–Crippen MR) is 128 cm³/mol. The van der Waals surface area contributed by atoms with Gasteiger partial charge in [0.1, 0.15) is 29.2 Å². The molecule has 1 aromatic heterocycles. The summed E-state index contributed by atoms with van der Waals surface area (Å²) in [5, 5.41) is 3.17. The number of benzene rings is 2. The highest BCUT2D eigenvalue weighted by Gasteiger charge is 2.23. The maximum Gasteiger partial charge on any atom is 0.387 e. The lowest BCUT2D eigenvalue weighted by Gasteiger charge is -2.25. The van der Waals surface area contributed by atoms with Crippen LogP contribution in [0.4, 0.5) is 20.3 Å². The quantitative estimate of drug-likeness (QED) is 0.403. The third-order valence-corrected chi connectivity index (χ3v) is 5.11. The molecular weight excluding hydrogens is 444 g/mol. The Morgan fingerprint density at radius 3 is 2.71 bits per heavy atom. The number of nitrogens with one attached hydrogen (secondary N) is 1. The number of aromatic nitrogens is 2. The summed E-state index contributed by atoms with van der Waals surface area (Å²) in [7, 11) is 1.63. The monoisotopic (exact) mass is 467 g/mol. The summed E-state index contributed by atoms with van der Waals surface area (Å²) in [4.78, 5) is 22.3. The average molecular weight is 467 g/mol. The highest BCUT2D eigenvalue weighted by molar-refractivity contribution is 5.89. The zero-order chi connectivity index (χ0) is 24.2. The highest BCUT2D eigenvalue weighted by Crippen LogP contribution is 2.28. The van der Waals surface area contributed by atoms with Crippen LogP contribution in [0.15, 0.2) is 58.3 Å². The Balaban J connectivity index is 1.90. The summed E-state index contributed by atoms with van der Waals surface area (Å²) in [6.45, 7) is -0.626. The number of hydrogen-bond acceptors (Lipinski definition) is 7. The van der Waals surface area contributed by atoms with Gasteiger partial charge in [0.2, 0.25) is 0 Å². The van der Waals surface area contributed by atoms with Gasteiger partial charge in [-0.1, -0.05) is 6.07 Å². The minimum atomic E-state index is -2.95. The lowest BCUT2D eigenvalue weighted by atomic mass is 10.1. The first-order valence-corrected chi connectivity index (χ1v) is 10.5. The highest BCUT2D eigenvalue weighted by atomic mass is 19.3. The molecule has 1 unspecified atom stereocenters. The molecule has 0 saturated heterocycles. The predicted octanol–water partition coefficient (Wildman–Crippen LogP) is 3.93. The second-order valence-electron chi connectivity index (χ2n) is 7.32. The number of nitrogen functional groups attached to an aromatic ring is 1. The van der Waals surface area contributed by atoms with Gasteiger partial charge >= 0.3 is 6.61 Å². The van der Waals surface area contributed by atoms with Gasteiger partial charge in [0.05, 0.1) is 5.69 Å². The van der Waals surface area contributed by atoms with E-state index in [1.54, 1.807) is 43.6 Å². The molecule has 0 saturated carbocycles. The number of aliphatic imine (C=N–C) groups is 1. The van der Waals surface area contributed by atoms with E-state index in [2.05, 4.69) is 20.0 Å². The molecular formula is C24H23F2N5O3. The van der Waals surface area contributed by atoms with Crippen molar-refractivity contribution >= 4 is 23.8 Å². The molecule has 3 aromatic rings. The standard InChI is InChI=1S/C24H23F2N5O3/c1-3-33-20-11-10-19-22(30-20)31(16-5-7-17(8-6-16)34-24(25)26)23(32)21(29-19)14-4-9-18(27)15(12-14)13-28-2/h4-13,20,24,30H,3,27H2,1-2H3. The first-order chi connectivity index (χ1) is 16.4. The van der Waals surface area contributed by atoms with Crippen molar-refractivity contribution in [2.24, 2.45) is 4.99 Å². The van der Waals surface area contributed by atoms with E-state index in [0.717, 1.165) is 0 Å². The summed E-state index contributed by atoms with van der Waals surface area (Å²) in [5.41, 5.74) is 8.49. The molecule has 176 valence electrons. The molecule has 2 heterocycles. The van der Waals surface area contributed by atoms with E-state index < -0.39 is 18.4 Å². The largest absolute Gasteiger partial charge is 0.435 e. The topological polar surface area (TPSA) is 104 Å². The Kier molecular flexibility index (Phi) is 6.69. The maximum absolute atomic E-state index is 13.7. The smallest absolute Gasteiger partial charge is 0.387 e. The van der Waals surface area contributed by atoms with Crippen LogP contribution in [0, 0.1) is 0 Å². The van der Waals surface area contributed by atoms with Crippen molar-refractivity contribution in [3.8, 4) is 22.7 Å². The van der Waals surface area contributed by atoms with Crippen molar-refractivity contribution < 1.29 is 18.3 Å². The number of alkyl halides is 2. The molecule has 10 heteroatoms. The first-order valence-electron chi connectivity index (χ1n) is 10.5. The Bertz CT molecular complexity index is 1300. The molecule has 0 radical (unpaired) electrons. The van der Waals surface area contributed by atoms with E-state index >= 15 is 0 Å². The van der Waals surface area contributed by atoms with Crippen LogP contribution in [0.2, 0.25) is 0 Å². The van der Waals surface area contributed by atoms with Gasteiger partial charge in [-0.05, 0) is 55.5 Å². The van der Waals surface area contributed by atoms with Gasteiger partial charge in [0.15, 0.2) is 0 Å². The second-order valence-corrected chi connectivity index (χ2v) is 7.32. The van der Waals surface area contributed by atoms with Gasteiger partial charge in [-0.15, -0.1) is 0 Å². The molecule has 1 aliphatic heterocycles. The van der Waals surface area contributed by atoms with E-state index in [-0.39, 0.29) is 11.4 Å². The van der Waals surface area contributed by atoms with Crippen molar-refractivity contribution in [3.05, 3.63) is 70.2 Å². The van der Waals surface area contributed by atoms with Gasteiger partial charge in [0, 0.05) is 36.7 Å². The number of nitrogens with two attached hydrogens (primary N) is 1. The third-order valence-electron chi connectivity index (χ3n) is 5.11. The van der Waals surface area contributed by atoms with Crippen LogP contribution in [-0.4, -0.2) is 42.3 Å². The molecule has 34 heavy (non-hydrogen) atoms. The number of anilines is 2. The van der Waals surface area contributed by atoms with Gasteiger partial charge in [-0.3, -0.25) is 14.4 Å². The van der Waals surface area contributed by atoms with Crippen LogP contribution in [-0.2, 0) is 4.74 Å². The van der Waals surface area contributed by atoms with Crippen molar-refractivity contribution in [3.63, 3.8) is 0 Å². The average Bonchev–Trinajstić information content (AvgIpc) is 2.81. The Hall–Kier alpha value is -4.05. The van der Waals surface area contributed by atoms with E-state index in [1.165, 1.54) is 28.8 Å². The van der Waals surface area contributed by atoms with Crippen LogP contribution in [0.5, 0.6) is 5.75 Å². The molecule has 0 fully saturated rings. The van der Waals surface area contributed by atoms with Crippen LogP contribution < -0.4 is 21.3 Å². The summed E-state index contributed by atoms with van der Waals surface area (Å²) in [6.07, 6.45) is 4.72. The Morgan fingerprint density at radius 2 is 2.03 bits per heavy atom. The fraction of sp³-hybridized carbons (Fsp3) is 0.208. The molecule has 0 aliphatic carbocycles. The van der Waals surface area contributed by atoms with Gasteiger partial charge < -0.3 is 20.5 Å². The lowest BCUT2D eigenvalue weighted by molar-refractivity contribution is -0.0498. The number of ether oxygens (including phenoxy) is 2.